The molecule has 0 N–H and O–H groups in total. The zero-order valence-electron chi connectivity index (χ0n) is 30.8. The van der Waals surface area contributed by atoms with Gasteiger partial charge in [0.05, 0.1) is 50.8 Å². The SMILES string of the molecule is CCCCCCCCCCCCOCCOCCOC(=O)c1ccccc1C(=O)OCCOCCOCCCCCCCCCCCC. The van der Waals surface area contributed by atoms with Crippen molar-refractivity contribution in [3.63, 3.8) is 0 Å². The molecule has 8 heteroatoms. The van der Waals surface area contributed by atoms with Crippen LogP contribution in [0.1, 0.15) is 163 Å². The standard InChI is InChI=1S/C40H70O8/c1-3-5-7-9-11-13-15-17-19-23-27-43-29-31-45-33-35-47-39(41)37-25-21-22-26-38(37)40(42)48-36-34-46-32-30-44-28-24-20-18-16-14-12-10-8-6-4-2/h21-22,25-26H,3-20,23-24,27-36H2,1-2H3. The first-order valence-electron chi connectivity index (χ1n) is 19.4. The molecule has 0 aliphatic carbocycles. The Labute approximate surface area is 293 Å². The number of hydrogen-bond donors (Lipinski definition) is 0. The quantitative estimate of drug-likeness (QED) is 0.0512. The number of rotatable bonds is 36. The molecular weight excluding hydrogens is 608 g/mol. The van der Waals surface area contributed by atoms with Crippen LogP contribution in [0.5, 0.6) is 0 Å². The maximum atomic E-state index is 12.6. The molecule has 0 aliphatic rings. The summed E-state index contributed by atoms with van der Waals surface area (Å²) in [4.78, 5) is 25.2. The molecule has 0 amide bonds. The summed E-state index contributed by atoms with van der Waals surface area (Å²) in [5, 5.41) is 0. The van der Waals surface area contributed by atoms with Crippen molar-refractivity contribution in [2.75, 3.05) is 66.1 Å². The van der Waals surface area contributed by atoms with Gasteiger partial charge in [-0.2, -0.15) is 0 Å². The van der Waals surface area contributed by atoms with Crippen LogP contribution in [0.25, 0.3) is 0 Å². The molecule has 0 spiro atoms. The Kier molecular flexibility index (Phi) is 32.0. The van der Waals surface area contributed by atoms with E-state index < -0.39 is 11.9 Å². The Morgan fingerprint density at radius 1 is 0.375 bits per heavy atom. The Hall–Kier alpha value is -2.00. The van der Waals surface area contributed by atoms with E-state index in [-0.39, 0.29) is 37.6 Å². The number of unbranched alkanes of at least 4 members (excludes halogenated alkanes) is 18. The number of ether oxygens (including phenoxy) is 6. The Morgan fingerprint density at radius 3 is 0.979 bits per heavy atom. The van der Waals surface area contributed by atoms with Gasteiger partial charge >= 0.3 is 11.9 Å². The largest absolute Gasteiger partial charge is 0.460 e. The van der Waals surface area contributed by atoms with Gasteiger partial charge in [-0.05, 0) is 25.0 Å². The van der Waals surface area contributed by atoms with Crippen LogP contribution >= 0.6 is 0 Å². The van der Waals surface area contributed by atoms with E-state index in [1.165, 1.54) is 116 Å². The second-order valence-electron chi connectivity index (χ2n) is 12.6. The average molecular weight is 679 g/mol. The van der Waals surface area contributed by atoms with E-state index in [0.717, 1.165) is 26.1 Å². The highest BCUT2D eigenvalue weighted by Gasteiger charge is 2.19. The van der Waals surface area contributed by atoms with Crippen LogP contribution in [-0.4, -0.2) is 78.0 Å². The van der Waals surface area contributed by atoms with E-state index in [0.29, 0.717) is 26.4 Å². The molecule has 1 rings (SSSR count). The van der Waals surface area contributed by atoms with Crippen LogP contribution in [0.3, 0.4) is 0 Å². The molecule has 0 heterocycles. The van der Waals surface area contributed by atoms with E-state index in [1.807, 2.05) is 0 Å². The second kappa shape index (κ2) is 34.8. The summed E-state index contributed by atoms with van der Waals surface area (Å²) in [5.41, 5.74) is 0.340. The molecule has 278 valence electrons. The van der Waals surface area contributed by atoms with Gasteiger partial charge in [-0.15, -0.1) is 0 Å². The van der Waals surface area contributed by atoms with Crippen molar-refractivity contribution in [3.05, 3.63) is 35.4 Å². The molecule has 0 saturated heterocycles. The predicted molar refractivity (Wildman–Crippen MR) is 194 cm³/mol. The first kappa shape index (κ1) is 44.0. The number of benzene rings is 1. The van der Waals surface area contributed by atoms with E-state index in [9.17, 15) is 9.59 Å². The maximum absolute atomic E-state index is 12.6. The summed E-state index contributed by atoms with van der Waals surface area (Å²) in [6.07, 6.45) is 26.1. The third kappa shape index (κ3) is 26.9. The Morgan fingerprint density at radius 2 is 0.646 bits per heavy atom. The fraction of sp³-hybridized carbons (Fsp3) is 0.800. The van der Waals surface area contributed by atoms with Crippen molar-refractivity contribution >= 4 is 11.9 Å². The average Bonchev–Trinajstić information content (AvgIpc) is 3.10. The van der Waals surface area contributed by atoms with Crippen molar-refractivity contribution in [2.24, 2.45) is 0 Å². The van der Waals surface area contributed by atoms with Crippen LogP contribution in [0, 0.1) is 0 Å². The van der Waals surface area contributed by atoms with Gasteiger partial charge in [-0.1, -0.05) is 142 Å². The third-order valence-corrected chi connectivity index (χ3v) is 8.32. The van der Waals surface area contributed by atoms with Crippen LogP contribution < -0.4 is 0 Å². The summed E-state index contributed by atoms with van der Waals surface area (Å²) in [5.74, 6) is -1.17. The molecule has 0 saturated carbocycles. The third-order valence-electron chi connectivity index (χ3n) is 8.32. The van der Waals surface area contributed by atoms with Crippen LogP contribution in [0.2, 0.25) is 0 Å². The van der Waals surface area contributed by atoms with Gasteiger partial charge in [0, 0.05) is 13.2 Å². The number of carbonyl (C=O) groups excluding carboxylic acids is 2. The molecule has 0 atom stereocenters. The zero-order chi connectivity index (χ0) is 34.6. The molecule has 0 unspecified atom stereocenters. The molecule has 1 aromatic carbocycles. The lowest BCUT2D eigenvalue weighted by molar-refractivity contribution is 0.0119. The normalized spacial score (nSPS) is 11.2. The minimum Gasteiger partial charge on any atom is -0.460 e. The second-order valence-corrected chi connectivity index (χ2v) is 12.6. The number of carbonyl (C=O) groups is 2. The van der Waals surface area contributed by atoms with Gasteiger partial charge in [0.15, 0.2) is 0 Å². The topological polar surface area (TPSA) is 89.5 Å². The van der Waals surface area contributed by atoms with Crippen LogP contribution in [0.4, 0.5) is 0 Å². The predicted octanol–water partition coefficient (Wildman–Crippen LogP) is 9.91. The fourth-order valence-electron chi connectivity index (χ4n) is 5.41. The lowest BCUT2D eigenvalue weighted by atomic mass is 10.1. The molecule has 0 fully saturated rings. The van der Waals surface area contributed by atoms with Gasteiger partial charge in [0.1, 0.15) is 13.2 Å². The first-order valence-corrected chi connectivity index (χ1v) is 19.4. The van der Waals surface area contributed by atoms with Crippen LogP contribution in [-0.2, 0) is 28.4 Å². The molecule has 0 aromatic heterocycles. The van der Waals surface area contributed by atoms with E-state index >= 15 is 0 Å². The minimum absolute atomic E-state index is 0.0930. The highest BCUT2D eigenvalue weighted by atomic mass is 16.6. The lowest BCUT2D eigenvalue weighted by Crippen LogP contribution is -2.18. The summed E-state index contributed by atoms with van der Waals surface area (Å²) in [7, 11) is 0. The minimum atomic E-state index is -0.584. The highest BCUT2D eigenvalue weighted by Crippen LogP contribution is 2.13. The van der Waals surface area contributed by atoms with Gasteiger partial charge in [0.25, 0.3) is 0 Å². The Balaban J connectivity index is 1.99. The fourth-order valence-corrected chi connectivity index (χ4v) is 5.41. The van der Waals surface area contributed by atoms with Gasteiger partial charge < -0.3 is 28.4 Å². The van der Waals surface area contributed by atoms with E-state index in [1.54, 1.807) is 24.3 Å². The number of esters is 2. The van der Waals surface area contributed by atoms with Gasteiger partial charge in [-0.3, -0.25) is 0 Å². The summed E-state index contributed by atoms with van der Waals surface area (Å²) in [6, 6.07) is 6.50. The number of hydrogen-bond acceptors (Lipinski definition) is 8. The van der Waals surface area contributed by atoms with E-state index in [2.05, 4.69) is 13.8 Å². The summed E-state index contributed by atoms with van der Waals surface area (Å²) >= 11 is 0. The van der Waals surface area contributed by atoms with Gasteiger partial charge in [-0.25, -0.2) is 9.59 Å². The van der Waals surface area contributed by atoms with Gasteiger partial charge in [0.2, 0.25) is 0 Å². The van der Waals surface area contributed by atoms with Crippen molar-refractivity contribution < 1.29 is 38.0 Å². The molecule has 0 aliphatic heterocycles. The Bertz CT molecular complexity index is 792. The first-order chi connectivity index (χ1) is 23.7. The van der Waals surface area contributed by atoms with E-state index in [4.69, 9.17) is 28.4 Å². The molecule has 0 radical (unpaired) electrons. The molecule has 1 aromatic rings. The molecular formula is C40H70O8. The monoisotopic (exact) mass is 679 g/mol. The lowest BCUT2D eigenvalue weighted by Gasteiger charge is -2.11. The molecule has 8 nitrogen and oxygen atoms in total. The zero-order valence-corrected chi connectivity index (χ0v) is 30.8. The smallest absolute Gasteiger partial charge is 0.339 e. The van der Waals surface area contributed by atoms with Crippen molar-refractivity contribution in [1.29, 1.82) is 0 Å². The van der Waals surface area contributed by atoms with Crippen LogP contribution in [0.15, 0.2) is 24.3 Å². The summed E-state index contributed by atoms with van der Waals surface area (Å²) < 4.78 is 33.0. The van der Waals surface area contributed by atoms with Crippen molar-refractivity contribution in [1.82, 2.24) is 0 Å². The summed E-state index contributed by atoms with van der Waals surface area (Å²) in [6.45, 7) is 8.68. The molecule has 48 heavy (non-hydrogen) atoms. The molecule has 0 bridgehead atoms. The van der Waals surface area contributed by atoms with Crippen molar-refractivity contribution in [3.8, 4) is 0 Å². The highest BCUT2D eigenvalue weighted by molar-refractivity contribution is 6.03. The maximum Gasteiger partial charge on any atom is 0.339 e. The van der Waals surface area contributed by atoms with Crippen molar-refractivity contribution in [2.45, 2.75) is 142 Å².